The summed E-state index contributed by atoms with van der Waals surface area (Å²) in [6.07, 6.45) is 4.52. The minimum Gasteiger partial charge on any atom is -0.334 e. The van der Waals surface area contributed by atoms with Gasteiger partial charge in [0.05, 0.1) is 17.4 Å². The number of fused-ring (bicyclic) bond motifs is 1. The van der Waals surface area contributed by atoms with Gasteiger partial charge in [0.1, 0.15) is 0 Å². The van der Waals surface area contributed by atoms with E-state index in [9.17, 15) is 4.79 Å². The number of carbonyl (C=O) groups excluding carboxylic acids is 1. The molecule has 1 amide bonds. The van der Waals surface area contributed by atoms with E-state index in [2.05, 4.69) is 15.6 Å². The quantitative estimate of drug-likeness (QED) is 0.896. The second kappa shape index (κ2) is 8.36. The fraction of sp³-hybridized carbons (Fsp3) is 0.467. The number of halogens is 2. The third-order valence-corrected chi connectivity index (χ3v) is 3.95. The van der Waals surface area contributed by atoms with E-state index < -0.39 is 0 Å². The number of nitrogens with one attached hydrogen (secondary N) is 2. The average molecular weight is 345 g/mol. The molecule has 1 fully saturated rings. The zero-order valence-corrected chi connectivity index (χ0v) is 14.2. The van der Waals surface area contributed by atoms with Crippen LogP contribution in [0, 0.1) is 5.92 Å². The van der Waals surface area contributed by atoms with Gasteiger partial charge in [-0.1, -0.05) is 0 Å². The van der Waals surface area contributed by atoms with E-state index in [4.69, 9.17) is 0 Å². The van der Waals surface area contributed by atoms with Crippen molar-refractivity contribution >= 4 is 47.4 Å². The molecule has 2 aromatic rings. The lowest BCUT2D eigenvalue weighted by atomic mass is 10.0. The first-order chi connectivity index (χ1) is 9.72. The van der Waals surface area contributed by atoms with Crippen LogP contribution in [0.2, 0.25) is 0 Å². The van der Waals surface area contributed by atoms with Gasteiger partial charge in [-0.25, -0.2) is 4.98 Å². The molecule has 2 heterocycles. The number of aryl methyl sites for hydroxylation is 1. The summed E-state index contributed by atoms with van der Waals surface area (Å²) >= 11 is 0. The van der Waals surface area contributed by atoms with Crippen molar-refractivity contribution in [2.45, 2.75) is 19.3 Å². The number of anilines is 1. The standard InChI is InChI=1S/C15H20N4O.2ClH/c1-19-10-17-13-8-12(3-4-14(13)19)18-15(20)5-2-11-6-7-16-9-11;;/h3-4,8,10-11,16H,2,5-7,9H2,1H3,(H,18,20);2*1H. The maximum Gasteiger partial charge on any atom is 0.224 e. The van der Waals surface area contributed by atoms with Gasteiger partial charge in [0.2, 0.25) is 5.91 Å². The molecule has 7 heteroatoms. The highest BCUT2D eigenvalue weighted by molar-refractivity contribution is 5.93. The number of carbonyl (C=O) groups is 1. The van der Waals surface area contributed by atoms with Crippen molar-refractivity contribution in [1.82, 2.24) is 14.9 Å². The van der Waals surface area contributed by atoms with Gasteiger partial charge in [-0.05, 0) is 50.0 Å². The number of hydrogen-bond donors (Lipinski definition) is 2. The van der Waals surface area contributed by atoms with Crippen molar-refractivity contribution in [2.24, 2.45) is 13.0 Å². The van der Waals surface area contributed by atoms with Crippen LogP contribution in [0.25, 0.3) is 11.0 Å². The van der Waals surface area contributed by atoms with Gasteiger partial charge in [-0.3, -0.25) is 4.79 Å². The molecule has 0 saturated carbocycles. The van der Waals surface area contributed by atoms with Crippen LogP contribution in [-0.2, 0) is 11.8 Å². The molecule has 5 nitrogen and oxygen atoms in total. The smallest absolute Gasteiger partial charge is 0.224 e. The Morgan fingerprint density at radius 1 is 1.45 bits per heavy atom. The van der Waals surface area contributed by atoms with Gasteiger partial charge in [0, 0.05) is 19.2 Å². The molecule has 0 radical (unpaired) electrons. The third kappa shape index (κ3) is 4.35. The molecule has 1 saturated heterocycles. The normalized spacial score (nSPS) is 16.9. The maximum atomic E-state index is 12.0. The summed E-state index contributed by atoms with van der Waals surface area (Å²) in [6, 6.07) is 5.84. The molecule has 1 aliphatic rings. The Balaban J connectivity index is 0.00000121. The Morgan fingerprint density at radius 2 is 2.27 bits per heavy atom. The van der Waals surface area contributed by atoms with Crippen molar-refractivity contribution in [3.05, 3.63) is 24.5 Å². The summed E-state index contributed by atoms with van der Waals surface area (Å²) in [7, 11) is 1.96. The lowest BCUT2D eigenvalue weighted by Crippen LogP contribution is -2.15. The van der Waals surface area contributed by atoms with Gasteiger partial charge in [0.15, 0.2) is 0 Å². The lowest BCUT2D eigenvalue weighted by molar-refractivity contribution is -0.116. The van der Waals surface area contributed by atoms with E-state index in [-0.39, 0.29) is 30.7 Å². The molecule has 2 N–H and O–H groups in total. The summed E-state index contributed by atoms with van der Waals surface area (Å²) in [5.41, 5.74) is 2.80. The molecule has 1 aromatic carbocycles. The topological polar surface area (TPSA) is 59.0 Å². The second-order valence-electron chi connectivity index (χ2n) is 5.50. The van der Waals surface area contributed by atoms with Crippen LogP contribution in [0.15, 0.2) is 24.5 Å². The molecular formula is C15H22Cl2N4O. The number of amides is 1. The first-order valence-corrected chi connectivity index (χ1v) is 7.14. The highest BCUT2D eigenvalue weighted by Gasteiger charge is 2.15. The van der Waals surface area contributed by atoms with Crippen LogP contribution in [0.4, 0.5) is 5.69 Å². The Labute approximate surface area is 142 Å². The molecular weight excluding hydrogens is 323 g/mol. The van der Waals surface area contributed by atoms with E-state index in [0.29, 0.717) is 12.3 Å². The SMILES string of the molecule is Cl.Cl.Cn1cnc2cc(NC(=O)CCC3CCNC3)ccc21. The zero-order valence-electron chi connectivity index (χ0n) is 12.5. The van der Waals surface area contributed by atoms with E-state index >= 15 is 0 Å². The minimum absolute atomic E-state index is 0. The highest BCUT2D eigenvalue weighted by Crippen LogP contribution is 2.19. The number of aromatic nitrogens is 2. The Bertz CT molecular complexity index is 623. The number of rotatable bonds is 4. The first kappa shape index (κ1) is 18.7. The van der Waals surface area contributed by atoms with Gasteiger partial charge >= 0.3 is 0 Å². The minimum atomic E-state index is 0. The van der Waals surface area contributed by atoms with Crippen molar-refractivity contribution in [2.75, 3.05) is 18.4 Å². The monoisotopic (exact) mass is 344 g/mol. The summed E-state index contributed by atoms with van der Waals surface area (Å²) < 4.78 is 1.97. The number of nitrogens with zero attached hydrogens (tertiary/aromatic N) is 2. The molecule has 3 rings (SSSR count). The third-order valence-electron chi connectivity index (χ3n) is 3.95. The fourth-order valence-electron chi connectivity index (χ4n) is 2.73. The number of benzene rings is 1. The summed E-state index contributed by atoms with van der Waals surface area (Å²) in [5, 5.41) is 6.28. The van der Waals surface area contributed by atoms with E-state index in [1.807, 2.05) is 29.8 Å². The van der Waals surface area contributed by atoms with Crippen LogP contribution in [-0.4, -0.2) is 28.5 Å². The first-order valence-electron chi connectivity index (χ1n) is 7.14. The van der Waals surface area contributed by atoms with Gasteiger partial charge in [-0.2, -0.15) is 0 Å². The summed E-state index contributed by atoms with van der Waals surface area (Å²) in [4.78, 5) is 16.3. The van der Waals surface area contributed by atoms with Crippen molar-refractivity contribution in [1.29, 1.82) is 0 Å². The molecule has 0 spiro atoms. The van der Waals surface area contributed by atoms with Crippen LogP contribution in [0.3, 0.4) is 0 Å². The van der Waals surface area contributed by atoms with Crippen LogP contribution in [0.1, 0.15) is 19.3 Å². The van der Waals surface area contributed by atoms with Gasteiger partial charge in [0.25, 0.3) is 0 Å². The van der Waals surface area contributed by atoms with Crippen LogP contribution >= 0.6 is 24.8 Å². The van der Waals surface area contributed by atoms with Gasteiger partial charge < -0.3 is 15.2 Å². The number of hydrogen-bond acceptors (Lipinski definition) is 3. The zero-order chi connectivity index (χ0) is 13.9. The highest BCUT2D eigenvalue weighted by atomic mass is 35.5. The van der Waals surface area contributed by atoms with Crippen LogP contribution < -0.4 is 10.6 Å². The van der Waals surface area contributed by atoms with Crippen LogP contribution in [0.5, 0.6) is 0 Å². The van der Waals surface area contributed by atoms with Crippen molar-refractivity contribution in [3.8, 4) is 0 Å². The summed E-state index contributed by atoms with van der Waals surface area (Å²) in [6.45, 7) is 2.13. The Morgan fingerprint density at radius 3 is 3.00 bits per heavy atom. The molecule has 1 aliphatic heterocycles. The lowest BCUT2D eigenvalue weighted by Gasteiger charge is -2.08. The number of imidazole rings is 1. The average Bonchev–Trinajstić information content (AvgIpc) is 3.07. The molecule has 122 valence electrons. The largest absolute Gasteiger partial charge is 0.334 e. The van der Waals surface area contributed by atoms with E-state index in [1.54, 1.807) is 6.33 Å². The summed E-state index contributed by atoms with van der Waals surface area (Å²) in [5.74, 6) is 0.742. The van der Waals surface area contributed by atoms with Crippen molar-refractivity contribution in [3.63, 3.8) is 0 Å². The van der Waals surface area contributed by atoms with Gasteiger partial charge in [-0.15, -0.1) is 24.8 Å². The maximum absolute atomic E-state index is 12.0. The van der Waals surface area contributed by atoms with E-state index in [1.165, 1.54) is 6.42 Å². The predicted octanol–water partition coefficient (Wildman–Crippen LogP) is 2.75. The second-order valence-corrected chi connectivity index (χ2v) is 5.50. The Kier molecular flexibility index (Phi) is 7.13. The molecule has 1 unspecified atom stereocenters. The van der Waals surface area contributed by atoms with E-state index in [0.717, 1.165) is 36.2 Å². The molecule has 1 atom stereocenters. The van der Waals surface area contributed by atoms with Crippen molar-refractivity contribution < 1.29 is 4.79 Å². The molecule has 0 bridgehead atoms. The fourth-order valence-corrected chi connectivity index (χ4v) is 2.73. The molecule has 22 heavy (non-hydrogen) atoms. The predicted molar refractivity (Wildman–Crippen MR) is 94.1 cm³/mol. The molecule has 1 aromatic heterocycles. The Hall–Kier alpha value is -1.30. The molecule has 0 aliphatic carbocycles.